The van der Waals surface area contributed by atoms with Crippen LogP contribution in [0, 0.1) is 13.8 Å². The molecule has 3 aromatic rings. The predicted octanol–water partition coefficient (Wildman–Crippen LogP) is 4.21. The SMILES string of the molecule is Cc1ccc(C(=O)Nc2cnc(-c3ccc(C)cc3)o2)cc1. The fourth-order valence-corrected chi connectivity index (χ4v) is 2.05. The summed E-state index contributed by atoms with van der Waals surface area (Å²) in [6.07, 6.45) is 1.52. The van der Waals surface area contributed by atoms with E-state index in [1.165, 1.54) is 11.8 Å². The number of oxazole rings is 1. The van der Waals surface area contributed by atoms with E-state index in [1.807, 2.05) is 50.2 Å². The molecule has 4 nitrogen and oxygen atoms in total. The van der Waals surface area contributed by atoms with Crippen LogP contribution in [0.5, 0.6) is 0 Å². The summed E-state index contributed by atoms with van der Waals surface area (Å²) in [5.41, 5.74) is 3.74. The summed E-state index contributed by atoms with van der Waals surface area (Å²) < 4.78 is 5.58. The van der Waals surface area contributed by atoms with Gasteiger partial charge in [-0.25, -0.2) is 4.98 Å². The van der Waals surface area contributed by atoms with Gasteiger partial charge in [-0.05, 0) is 38.1 Å². The normalized spacial score (nSPS) is 10.5. The van der Waals surface area contributed by atoms with E-state index in [0.717, 1.165) is 11.1 Å². The number of amides is 1. The molecular formula is C18H16N2O2. The van der Waals surface area contributed by atoms with Crippen LogP contribution in [-0.4, -0.2) is 10.9 Å². The van der Waals surface area contributed by atoms with Gasteiger partial charge in [0.15, 0.2) is 0 Å². The van der Waals surface area contributed by atoms with E-state index >= 15 is 0 Å². The van der Waals surface area contributed by atoms with Crippen molar-refractivity contribution in [1.29, 1.82) is 0 Å². The van der Waals surface area contributed by atoms with Gasteiger partial charge in [0.2, 0.25) is 11.8 Å². The summed E-state index contributed by atoms with van der Waals surface area (Å²) in [6.45, 7) is 4.00. The van der Waals surface area contributed by atoms with Crippen LogP contribution < -0.4 is 5.32 Å². The number of carbonyl (C=O) groups excluding carboxylic acids is 1. The van der Waals surface area contributed by atoms with Crippen molar-refractivity contribution in [2.24, 2.45) is 0 Å². The molecule has 0 unspecified atom stereocenters. The van der Waals surface area contributed by atoms with Crippen molar-refractivity contribution in [3.63, 3.8) is 0 Å². The second kappa shape index (κ2) is 5.85. The average molecular weight is 292 g/mol. The summed E-state index contributed by atoms with van der Waals surface area (Å²) in [6, 6.07) is 15.2. The van der Waals surface area contributed by atoms with Gasteiger partial charge in [-0.3, -0.25) is 10.1 Å². The molecule has 3 rings (SSSR count). The number of carbonyl (C=O) groups is 1. The molecule has 0 atom stereocenters. The third kappa shape index (κ3) is 3.06. The Morgan fingerprint density at radius 2 is 1.55 bits per heavy atom. The van der Waals surface area contributed by atoms with E-state index < -0.39 is 0 Å². The van der Waals surface area contributed by atoms with Crippen LogP contribution in [0.3, 0.4) is 0 Å². The zero-order valence-corrected chi connectivity index (χ0v) is 12.5. The highest BCUT2D eigenvalue weighted by Gasteiger charge is 2.10. The number of aromatic nitrogens is 1. The van der Waals surface area contributed by atoms with Gasteiger partial charge in [0.25, 0.3) is 5.91 Å². The summed E-state index contributed by atoms with van der Waals surface area (Å²) >= 11 is 0. The fraction of sp³-hybridized carbons (Fsp3) is 0.111. The van der Waals surface area contributed by atoms with Gasteiger partial charge in [-0.1, -0.05) is 35.4 Å². The maximum absolute atomic E-state index is 12.1. The van der Waals surface area contributed by atoms with Crippen molar-refractivity contribution >= 4 is 11.8 Å². The van der Waals surface area contributed by atoms with Gasteiger partial charge in [0, 0.05) is 11.1 Å². The molecule has 0 aliphatic heterocycles. The van der Waals surface area contributed by atoms with Gasteiger partial charge in [-0.2, -0.15) is 0 Å². The van der Waals surface area contributed by atoms with E-state index in [-0.39, 0.29) is 5.91 Å². The Morgan fingerprint density at radius 1 is 0.955 bits per heavy atom. The van der Waals surface area contributed by atoms with Crippen molar-refractivity contribution in [2.75, 3.05) is 5.32 Å². The number of nitrogens with zero attached hydrogens (tertiary/aromatic N) is 1. The van der Waals surface area contributed by atoms with E-state index in [2.05, 4.69) is 10.3 Å². The average Bonchev–Trinajstić information content (AvgIpc) is 2.97. The molecular weight excluding hydrogens is 276 g/mol. The molecule has 4 heteroatoms. The molecule has 1 N–H and O–H groups in total. The molecule has 2 aromatic carbocycles. The number of anilines is 1. The first-order valence-electron chi connectivity index (χ1n) is 7.03. The lowest BCUT2D eigenvalue weighted by atomic mass is 10.1. The van der Waals surface area contributed by atoms with Gasteiger partial charge in [0.05, 0.1) is 6.20 Å². The van der Waals surface area contributed by atoms with Crippen molar-refractivity contribution in [3.05, 3.63) is 71.4 Å². The highest BCUT2D eigenvalue weighted by Crippen LogP contribution is 2.22. The molecule has 0 saturated carbocycles. The topological polar surface area (TPSA) is 55.1 Å². The van der Waals surface area contributed by atoms with Crippen LogP contribution in [-0.2, 0) is 0 Å². The summed E-state index contributed by atoms with van der Waals surface area (Å²) in [7, 11) is 0. The molecule has 0 bridgehead atoms. The number of hydrogen-bond donors (Lipinski definition) is 1. The second-order valence-corrected chi connectivity index (χ2v) is 5.22. The molecule has 0 saturated heterocycles. The van der Waals surface area contributed by atoms with Crippen LogP contribution >= 0.6 is 0 Å². The molecule has 0 radical (unpaired) electrons. The molecule has 1 aromatic heterocycles. The maximum atomic E-state index is 12.1. The van der Waals surface area contributed by atoms with Gasteiger partial charge in [-0.15, -0.1) is 0 Å². The Kier molecular flexibility index (Phi) is 3.74. The molecule has 110 valence electrons. The molecule has 0 spiro atoms. The second-order valence-electron chi connectivity index (χ2n) is 5.22. The monoisotopic (exact) mass is 292 g/mol. The number of hydrogen-bond acceptors (Lipinski definition) is 3. The lowest BCUT2D eigenvalue weighted by Gasteiger charge is -2.02. The van der Waals surface area contributed by atoms with Crippen LogP contribution in [0.4, 0.5) is 5.88 Å². The van der Waals surface area contributed by atoms with Gasteiger partial charge < -0.3 is 4.42 Å². The first kappa shape index (κ1) is 14.1. The molecule has 1 heterocycles. The highest BCUT2D eigenvalue weighted by molar-refractivity contribution is 6.03. The Labute approximate surface area is 128 Å². The van der Waals surface area contributed by atoms with Crippen molar-refractivity contribution in [3.8, 4) is 11.5 Å². The van der Waals surface area contributed by atoms with Crippen molar-refractivity contribution in [2.45, 2.75) is 13.8 Å². The number of rotatable bonds is 3. The van der Waals surface area contributed by atoms with E-state index in [0.29, 0.717) is 17.3 Å². The van der Waals surface area contributed by atoms with E-state index in [4.69, 9.17) is 4.42 Å². The summed E-state index contributed by atoms with van der Waals surface area (Å²) in [5.74, 6) is 0.604. The minimum atomic E-state index is -0.216. The van der Waals surface area contributed by atoms with Crippen LogP contribution in [0.1, 0.15) is 21.5 Å². The Hall–Kier alpha value is -2.88. The van der Waals surface area contributed by atoms with Crippen LogP contribution in [0.2, 0.25) is 0 Å². The summed E-state index contributed by atoms with van der Waals surface area (Å²) in [5, 5.41) is 2.71. The lowest BCUT2D eigenvalue weighted by Crippen LogP contribution is -2.11. The number of benzene rings is 2. The number of aryl methyl sites for hydroxylation is 2. The minimum absolute atomic E-state index is 0.216. The van der Waals surface area contributed by atoms with Gasteiger partial charge >= 0.3 is 0 Å². The first-order chi connectivity index (χ1) is 10.6. The van der Waals surface area contributed by atoms with Crippen molar-refractivity contribution < 1.29 is 9.21 Å². The largest absolute Gasteiger partial charge is 0.420 e. The molecule has 22 heavy (non-hydrogen) atoms. The Bertz CT molecular complexity index is 787. The maximum Gasteiger partial charge on any atom is 0.258 e. The van der Waals surface area contributed by atoms with Gasteiger partial charge in [0.1, 0.15) is 0 Å². The third-order valence-electron chi connectivity index (χ3n) is 3.35. The van der Waals surface area contributed by atoms with Crippen LogP contribution in [0.15, 0.2) is 59.1 Å². The molecule has 0 aliphatic rings. The molecule has 0 aliphatic carbocycles. The Morgan fingerprint density at radius 3 is 2.18 bits per heavy atom. The van der Waals surface area contributed by atoms with Crippen LogP contribution in [0.25, 0.3) is 11.5 Å². The van der Waals surface area contributed by atoms with E-state index in [1.54, 1.807) is 12.1 Å². The smallest absolute Gasteiger partial charge is 0.258 e. The fourth-order valence-electron chi connectivity index (χ4n) is 2.05. The lowest BCUT2D eigenvalue weighted by molar-refractivity contribution is 0.102. The third-order valence-corrected chi connectivity index (χ3v) is 3.35. The quantitative estimate of drug-likeness (QED) is 0.786. The minimum Gasteiger partial charge on any atom is -0.420 e. The van der Waals surface area contributed by atoms with E-state index in [9.17, 15) is 4.79 Å². The predicted molar refractivity (Wildman–Crippen MR) is 85.8 cm³/mol. The summed E-state index contributed by atoms with van der Waals surface area (Å²) in [4.78, 5) is 16.3. The highest BCUT2D eigenvalue weighted by atomic mass is 16.4. The van der Waals surface area contributed by atoms with Crippen molar-refractivity contribution in [1.82, 2.24) is 4.98 Å². The zero-order chi connectivity index (χ0) is 15.5. The zero-order valence-electron chi connectivity index (χ0n) is 12.5. The first-order valence-corrected chi connectivity index (χ1v) is 7.03. The number of nitrogens with one attached hydrogen (secondary N) is 1. The molecule has 1 amide bonds. The molecule has 0 fully saturated rings. The standard InChI is InChI=1S/C18H16N2O2/c1-12-3-7-14(8-4-12)17(21)20-16-11-19-18(22-16)15-9-5-13(2)6-10-15/h3-11H,1-2H3,(H,20,21). The Balaban J connectivity index is 1.75.